The lowest BCUT2D eigenvalue weighted by molar-refractivity contribution is 0.237. The molecule has 1 aromatic rings. The predicted octanol–water partition coefficient (Wildman–Crippen LogP) is 0.978. The van der Waals surface area contributed by atoms with Crippen molar-refractivity contribution >= 4 is 10.0 Å². The second-order valence-electron chi connectivity index (χ2n) is 5.46. The van der Waals surface area contributed by atoms with E-state index in [2.05, 4.69) is 9.88 Å². The molecule has 20 heavy (non-hydrogen) atoms. The maximum atomic E-state index is 12.3. The monoisotopic (exact) mass is 297 g/mol. The van der Waals surface area contributed by atoms with Crippen LogP contribution in [0.5, 0.6) is 0 Å². The minimum Gasteiger partial charge on any atom is -0.305 e. The highest BCUT2D eigenvalue weighted by Crippen LogP contribution is 2.27. The van der Waals surface area contributed by atoms with Gasteiger partial charge in [0.05, 0.1) is 5.75 Å². The molecule has 6 heteroatoms. The van der Waals surface area contributed by atoms with Gasteiger partial charge >= 0.3 is 0 Å². The molecule has 5 nitrogen and oxygen atoms in total. The molecule has 0 bridgehead atoms. The zero-order valence-electron chi connectivity index (χ0n) is 12.4. The number of sulfonamides is 1. The molecule has 1 aliphatic rings. The van der Waals surface area contributed by atoms with E-state index in [1.165, 1.54) is 0 Å². The van der Waals surface area contributed by atoms with Crippen LogP contribution in [0.1, 0.15) is 18.9 Å². The van der Waals surface area contributed by atoms with Crippen LogP contribution in [0, 0.1) is 0 Å². The Morgan fingerprint density at radius 3 is 2.75 bits per heavy atom. The molecule has 0 aromatic carbocycles. The smallest absolute Gasteiger partial charge is 0.214 e. The summed E-state index contributed by atoms with van der Waals surface area (Å²) >= 11 is 0. The molecule has 1 fully saturated rings. The topological polar surface area (TPSA) is 53.5 Å². The van der Waals surface area contributed by atoms with E-state index in [-0.39, 0.29) is 17.8 Å². The molecule has 0 radical (unpaired) electrons. The predicted molar refractivity (Wildman–Crippen MR) is 80.0 cm³/mol. The molecular formula is C14H23N3O2S. The van der Waals surface area contributed by atoms with Crippen LogP contribution in [-0.2, 0) is 16.4 Å². The number of hydrogen-bond donors (Lipinski definition) is 0. The fourth-order valence-electron chi connectivity index (χ4n) is 2.92. The number of pyridine rings is 1. The standard InChI is InChI=1S/C14H23N3O2S/c1-4-20(18,19)17-9-7-13(16(2)3)14(17)10-12-6-5-8-15-11-12/h5-6,8,11,13-14H,4,7,9-10H2,1-3H3/t13-,14+/m1/s1. The molecule has 1 saturated heterocycles. The minimum atomic E-state index is -3.15. The molecule has 2 atom stereocenters. The van der Waals surface area contributed by atoms with E-state index < -0.39 is 10.0 Å². The summed E-state index contributed by atoms with van der Waals surface area (Å²) in [5.41, 5.74) is 1.09. The summed E-state index contributed by atoms with van der Waals surface area (Å²) < 4.78 is 26.2. The highest BCUT2D eigenvalue weighted by Gasteiger charge is 2.40. The van der Waals surface area contributed by atoms with Crippen molar-refractivity contribution < 1.29 is 8.42 Å². The summed E-state index contributed by atoms with van der Waals surface area (Å²) in [6.07, 6.45) is 5.16. The average Bonchev–Trinajstić information content (AvgIpc) is 2.84. The minimum absolute atomic E-state index is 0.000787. The van der Waals surface area contributed by atoms with Crippen molar-refractivity contribution in [3.63, 3.8) is 0 Å². The fourth-order valence-corrected chi connectivity index (χ4v) is 4.26. The molecular weight excluding hydrogens is 274 g/mol. The first-order chi connectivity index (χ1) is 9.45. The summed E-state index contributed by atoms with van der Waals surface area (Å²) in [7, 11) is 0.886. The van der Waals surface area contributed by atoms with Crippen molar-refractivity contribution in [1.29, 1.82) is 0 Å². The lowest BCUT2D eigenvalue weighted by Crippen LogP contribution is -2.46. The Hall–Kier alpha value is -0.980. The van der Waals surface area contributed by atoms with Gasteiger partial charge in [0.1, 0.15) is 0 Å². The van der Waals surface area contributed by atoms with Gasteiger partial charge in [-0.25, -0.2) is 8.42 Å². The van der Waals surface area contributed by atoms with Gasteiger partial charge < -0.3 is 4.90 Å². The first-order valence-corrected chi connectivity index (χ1v) is 8.61. The quantitative estimate of drug-likeness (QED) is 0.813. The Morgan fingerprint density at radius 1 is 1.45 bits per heavy atom. The van der Waals surface area contributed by atoms with Crippen LogP contribution in [0.3, 0.4) is 0 Å². The lowest BCUT2D eigenvalue weighted by atomic mass is 10.0. The van der Waals surface area contributed by atoms with Gasteiger partial charge in [-0.15, -0.1) is 0 Å². The Bertz CT molecular complexity index is 531. The second-order valence-corrected chi connectivity index (χ2v) is 7.67. The van der Waals surface area contributed by atoms with Gasteiger partial charge in [0.25, 0.3) is 0 Å². The van der Waals surface area contributed by atoms with Crippen molar-refractivity contribution in [2.45, 2.75) is 31.8 Å². The van der Waals surface area contributed by atoms with Crippen LogP contribution in [-0.4, -0.2) is 61.1 Å². The Morgan fingerprint density at radius 2 is 2.20 bits per heavy atom. The van der Waals surface area contributed by atoms with Crippen molar-refractivity contribution in [2.75, 3.05) is 26.4 Å². The Kier molecular flexibility index (Phi) is 4.78. The lowest BCUT2D eigenvalue weighted by Gasteiger charge is -2.30. The molecule has 112 valence electrons. The van der Waals surface area contributed by atoms with Crippen molar-refractivity contribution in [1.82, 2.24) is 14.2 Å². The summed E-state index contributed by atoms with van der Waals surface area (Å²) in [4.78, 5) is 6.25. The number of nitrogens with zero attached hydrogens (tertiary/aromatic N) is 3. The number of rotatable bonds is 5. The largest absolute Gasteiger partial charge is 0.305 e. The summed E-state index contributed by atoms with van der Waals surface area (Å²) in [6, 6.07) is 4.17. The van der Waals surface area contributed by atoms with Gasteiger partial charge in [0, 0.05) is 31.0 Å². The van der Waals surface area contributed by atoms with Crippen LogP contribution in [0.4, 0.5) is 0 Å². The van der Waals surface area contributed by atoms with Crippen LogP contribution in [0.2, 0.25) is 0 Å². The maximum absolute atomic E-state index is 12.3. The summed E-state index contributed by atoms with van der Waals surface area (Å²) in [6.45, 7) is 2.32. The zero-order valence-corrected chi connectivity index (χ0v) is 13.2. The van der Waals surface area contributed by atoms with Crippen LogP contribution >= 0.6 is 0 Å². The normalized spacial score (nSPS) is 24.4. The Balaban J connectivity index is 2.26. The first kappa shape index (κ1) is 15.4. The molecule has 0 amide bonds. The Labute approximate surface area is 121 Å². The number of likely N-dealkylation sites (N-methyl/N-ethyl adjacent to an activating group) is 1. The molecule has 2 heterocycles. The van der Waals surface area contributed by atoms with E-state index in [1.807, 2.05) is 32.4 Å². The van der Waals surface area contributed by atoms with E-state index in [1.54, 1.807) is 17.4 Å². The van der Waals surface area contributed by atoms with E-state index in [9.17, 15) is 8.42 Å². The van der Waals surface area contributed by atoms with Crippen LogP contribution in [0.25, 0.3) is 0 Å². The molecule has 1 aromatic heterocycles. The van der Waals surface area contributed by atoms with E-state index in [0.29, 0.717) is 6.54 Å². The van der Waals surface area contributed by atoms with E-state index in [0.717, 1.165) is 18.4 Å². The third-order valence-corrected chi connectivity index (χ3v) is 5.91. The van der Waals surface area contributed by atoms with Gasteiger partial charge in [-0.3, -0.25) is 4.98 Å². The molecule has 0 saturated carbocycles. The SMILES string of the molecule is CCS(=O)(=O)N1CC[C@@H](N(C)C)[C@@H]1Cc1cccnc1. The number of hydrogen-bond acceptors (Lipinski definition) is 4. The van der Waals surface area contributed by atoms with Gasteiger partial charge in [-0.1, -0.05) is 6.07 Å². The second kappa shape index (κ2) is 6.20. The van der Waals surface area contributed by atoms with Crippen molar-refractivity contribution in [3.05, 3.63) is 30.1 Å². The van der Waals surface area contributed by atoms with Gasteiger partial charge in [0.2, 0.25) is 10.0 Å². The molecule has 0 unspecified atom stereocenters. The first-order valence-electron chi connectivity index (χ1n) is 7.00. The average molecular weight is 297 g/mol. The third kappa shape index (κ3) is 3.19. The molecule has 2 rings (SSSR count). The number of aromatic nitrogens is 1. The molecule has 0 spiro atoms. The maximum Gasteiger partial charge on any atom is 0.214 e. The summed E-state index contributed by atoms with van der Waals surface area (Å²) in [5, 5.41) is 0. The van der Waals surface area contributed by atoms with Crippen LogP contribution < -0.4 is 0 Å². The van der Waals surface area contributed by atoms with Gasteiger partial charge in [0.15, 0.2) is 0 Å². The molecule has 0 aliphatic carbocycles. The molecule has 0 N–H and O–H groups in total. The fraction of sp³-hybridized carbons (Fsp3) is 0.643. The van der Waals surface area contributed by atoms with E-state index in [4.69, 9.17) is 0 Å². The van der Waals surface area contributed by atoms with Crippen molar-refractivity contribution in [3.8, 4) is 0 Å². The molecule has 1 aliphatic heterocycles. The van der Waals surface area contributed by atoms with Crippen molar-refractivity contribution in [2.24, 2.45) is 0 Å². The third-order valence-electron chi connectivity index (χ3n) is 4.01. The van der Waals surface area contributed by atoms with Gasteiger partial charge in [-0.05, 0) is 45.5 Å². The highest BCUT2D eigenvalue weighted by atomic mass is 32.2. The summed E-state index contributed by atoms with van der Waals surface area (Å²) in [5.74, 6) is 0.163. The van der Waals surface area contributed by atoms with Crippen LogP contribution in [0.15, 0.2) is 24.5 Å². The van der Waals surface area contributed by atoms with E-state index >= 15 is 0 Å². The zero-order chi connectivity index (χ0) is 14.8. The van der Waals surface area contributed by atoms with Gasteiger partial charge in [-0.2, -0.15) is 4.31 Å². The highest BCUT2D eigenvalue weighted by molar-refractivity contribution is 7.89.